The zero-order valence-electron chi connectivity index (χ0n) is 21.6. The van der Waals surface area contributed by atoms with E-state index < -0.39 is 42.3 Å². The van der Waals surface area contributed by atoms with Crippen LogP contribution in [0.25, 0.3) is 0 Å². The van der Waals surface area contributed by atoms with Crippen LogP contribution >= 0.6 is 0 Å². The number of benzene rings is 3. The Morgan fingerprint density at radius 3 is 1.72 bits per heavy atom. The van der Waals surface area contributed by atoms with Gasteiger partial charge >= 0.3 is 11.9 Å². The Morgan fingerprint density at radius 2 is 1.18 bits per heavy atom. The van der Waals surface area contributed by atoms with Gasteiger partial charge in [-0.1, -0.05) is 91.0 Å². The predicted molar refractivity (Wildman–Crippen MR) is 145 cm³/mol. The second-order valence-corrected chi connectivity index (χ2v) is 8.85. The molecule has 3 aromatic rings. The van der Waals surface area contributed by atoms with Crippen LogP contribution in [0.4, 0.5) is 0 Å². The number of carbonyl (C=O) groups excluding carboxylic acids is 4. The third-order valence-electron chi connectivity index (χ3n) is 5.74. The fourth-order valence-corrected chi connectivity index (χ4v) is 3.72. The number of nitrogens with two attached hydrogens (primary N) is 1. The summed E-state index contributed by atoms with van der Waals surface area (Å²) in [5.74, 6) is -2.54. The molecule has 0 aromatic heterocycles. The molecule has 3 rings (SSSR count). The zero-order chi connectivity index (χ0) is 27.9. The highest BCUT2D eigenvalue weighted by atomic mass is 16.5. The van der Waals surface area contributed by atoms with Crippen LogP contribution in [0.2, 0.25) is 0 Å². The Balaban J connectivity index is 1.70. The lowest BCUT2D eigenvalue weighted by Gasteiger charge is -2.22. The lowest BCUT2D eigenvalue weighted by molar-refractivity contribution is -0.150. The highest BCUT2D eigenvalue weighted by Gasteiger charge is 2.30. The number of hydrogen-bond acceptors (Lipinski definition) is 7. The number of amides is 2. The number of nitrogens with one attached hydrogen (secondary N) is 2. The van der Waals surface area contributed by atoms with Crippen LogP contribution in [-0.4, -0.2) is 42.4 Å². The maximum Gasteiger partial charge on any atom is 0.329 e. The van der Waals surface area contributed by atoms with Crippen molar-refractivity contribution in [2.24, 2.45) is 5.73 Å². The summed E-state index contributed by atoms with van der Waals surface area (Å²) in [7, 11) is 0. The Bertz CT molecular complexity index is 1210. The van der Waals surface area contributed by atoms with Gasteiger partial charge in [0.2, 0.25) is 11.8 Å². The van der Waals surface area contributed by atoms with Crippen molar-refractivity contribution in [1.29, 1.82) is 0 Å². The van der Waals surface area contributed by atoms with Gasteiger partial charge in [-0.2, -0.15) is 0 Å². The molecule has 0 unspecified atom stereocenters. The Kier molecular flexibility index (Phi) is 11.7. The monoisotopic (exact) mass is 531 g/mol. The molecule has 0 saturated heterocycles. The van der Waals surface area contributed by atoms with E-state index in [4.69, 9.17) is 15.2 Å². The van der Waals surface area contributed by atoms with Gasteiger partial charge in [-0.15, -0.1) is 0 Å². The predicted octanol–water partition coefficient (Wildman–Crippen LogP) is 2.42. The van der Waals surface area contributed by atoms with Gasteiger partial charge in [0.15, 0.2) is 0 Å². The summed E-state index contributed by atoms with van der Waals surface area (Å²) in [5, 5.41) is 5.19. The van der Waals surface area contributed by atoms with Crippen LogP contribution in [0, 0.1) is 0 Å². The number of hydrogen-bond donors (Lipinski definition) is 3. The van der Waals surface area contributed by atoms with Crippen LogP contribution in [0.1, 0.15) is 29.5 Å². The molecular formula is C30H33N3O6. The van der Waals surface area contributed by atoms with E-state index in [1.165, 1.54) is 0 Å². The summed E-state index contributed by atoms with van der Waals surface area (Å²) in [6, 6.07) is 25.0. The molecule has 2 amide bonds. The molecule has 9 heteroatoms. The van der Waals surface area contributed by atoms with Gasteiger partial charge in [0.1, 0.15) is 25.3 Å². The summed E-state index contributed by atoms with van der Waals surface area (Å²) in [6.45, 7) is 0.123. The summed E-state index contributed by atoms with van der Waals surface area (Å²) in [5.41, 5.74) is 7.84. The summed E-state index contributed by atoms with van der Waals surface area (Å²) < 4.78 is 10.8. The van der Waals surface area contributed by atoms with Gasteiger partial charge in [-0.3, -0.25) is 14.4 Å². The van der Waals surface area contributed by atoms with Crippen LogP contribution in [0.5, 0.6) is 0 Å². The molecular weight excluding hydrogens is 498 g/mol. The maximum atomic E-state index is 13.3. The lowest BCUT2D eigenvalue weighted by atomic mass is 10.0. The van der Waals surface area contributed by atoms with Crippen LogP contribution in [0.3, 0.4) is 0 Å². The van der Waals surface area contributed by atoms with E-state index >= 15 is 0 Å². The van der Waals surface area contributed by atoms with E-state index in [-0.39, 0.29) is 32.6 Å². The Hall–Kier alpha value is -4.50. The van der Waals surface area contributed by atoms with E-state index in [1.807, 2.05) is 78.9 Å². The fourth-order valence-electron chi connectivity index (χ4n) is 3.72. The molecule has 0 radical (unpaired) electrons. The van der Waals surface area contributed by atoms with E-state index in [1.54, 1.807) is 12.1 Å². The average Bonchev–Trinajstić information content (AvgIpc) is 2.96. The standard InChI is InChI=1S/C30H33N3O6/c31-17-16-27(34)32-25(19-28(35)38-20-23-12-6-2-7-13-23)29(36)33-26(18-22-10-4-1-5-11-22)30(37)39-21-24-14-8-3-9-15-24/h1-15,25-26H,16-21,31H2,(H,32,34)(H,33,36)/t25-,26-/m0/s1. The van der Waals surface area contributed by atoms with Gasteiger partial charge in [-0.05, 0) is 16.7 Å². The van der Waals surface area contributed by atoms with Crippen molar-refractivity contribution in [2.75, 3.05) is 6.54 Å². The minimum Gasteiger partial charge on any atom is -0.461 e. The smallest absolute Gasteiger partial charge is 0.329 e. The molecule has 0 aliphatic heterocycles. The first-order valence-corrected chi connectivity index (χ1v) is 12.7. The van der Waals surface area contributed by atoms with Crippen molar-refractivity contribution in [2.45, 2.75) is 44.6 Å². The summed E-state index contributed by atoms with van der Waals surface area (Å²) >= 11 is 0. The Labute approximate surface area is 227 Å². The zero-order valence-corrected chi connectivity index (χ0v) is 21.6. The van der Waals surface area contributed by atoms with Gasteiger partial charge < -0.3 is 25.8 Å². The molecule has 0 fully saturated rings. The first kappa shape index (κ1) is 29.1. The molecule has 0 bridgehead atoms. The average molecular weight is 532 g/mol. The van der Waals surface area contributed by atoms with E-state index in [0.29, 0.717) is 0 Å². The first-order chi connectivity index (χ1) is 18.9. The molecule has 2 atom stereocenters. The van der Waals surface area contributed by atoms with E-state index in [2.05, 4.69) is 10.6 Å². The quantitative estimate of drug-likeness (QED) is 0.272. The third kappa shape index (κ3) is 10.4. The summed E-state index contributed by atoms with van der Waals surface area (Å²) in [4.78, 5) is 51.2. The molecule has 204 valence electrons. The van der Waals surface area contributed by atoms with Crippen molar-refractivity contribution >= 4 is 23.8 Å². The van der Waals surface area contributed by atoms with Crippen LogP contribution < -0.4 is 16.4 Å². The highest BCUT2D eigenvalue weighted by molar-refractivity contribution is 5.93. The number of rotatable bonds is 14. The van der Waals surface area contributed by atoms with Crippen molar-refractivity contribution in [1.82, 2.24) is 10.6 Å². The van der Waals surface area contributed by atoms with Crippen LogP contribution in [0.15, 0.2) is 91.0 Å². The molecule has 0 spiro atoms. The molecule has 3 aromatic carbocycles. The van der Waals surface area contributed by atoms with Gasteiger partial charge in [-0.25, -0.2) is 4.79 Å². The number of esters is 2. The van der Waals surface area contributed by atoms with Crippen LogP contribution in [-0.2, 0) is 48.3 Å². The number of carbonyl (C=O) groups is 4. The van der Waals surface area contributed by atoms with Gasteiger partial charge in [0, 0.05) is 19.4 Å². The van der Waals surface area contributed by atoms with Gasteiger partial charge in [0.05, 0.1) is 6.42 Å². The molecule has 0 aliphatic rings. The highest BCUT2D eigenvalue weighted by Crippen LogP contribution is 2.09. The molecule has 0 saturated carbocycles. The largest absolute Gasteiger partial charge is 0.461 e. The molecule has 0 heterocycles. The van der Waals surface area contributed by atoms with E-state index in [0.717, 1.165) is 16.7 Å². The topological polar surface area (TPSA) is 137 Å². The van der Waals surface area contributed by atoms with Crippen molar-refractivity contribution in [3.63, 3.8) is 0 Å². The molecule has 39 heavy (non-hydrogen) atoms. The summed E-state index contributed by atoms with van der Waals surface area (Å²) in [6.07, 6.45) is -0.302. The molecule has 0 aliphatic carbocycles. The van der Waals surface area contributed by atoms with Gasteiger partial charge in [0.25, 0.3) is 0 Å². The normalized spacial score (nSPS) is 12.0. The Morgan fingerprint density at radius 1 is 0.667 bits per heavy atom. The second kappa shape index (κ2) is 15.7. The molecule has 4 N–H and O–H groups in total. The first-order valence-electron chi connectivity index (χ1n) is 12.7. The van der Waals surface area contributed by atoms with E-state index in [9.17, 15) is 19.2 Å². The van der Waals surface area contributed by atoms with Crippen molar-refractivity contribution in [3.05, 3.63) is 108 Å². The second-order valence-electron chi connectivity index (χ2n) is 8.85. The molecule has 9 nitrogen and oxygen atoms in total. The van der Waals surface area contributed by atoms with Crippen molar-refractivity contribution < 1.29 is 28.7 Å². The third-order valence-corrected chi connectivity index (χ3v) is 5.74. The minimum atomic E-state index is -1.27. The fraction of sp³-hybridized carbons (Fsp3) is 0.267. The number of ether oxygens (including phenoxy) is 2. The lowest BCUT2D eigenvalue weighted by Crippen LogP contribution is -2.53. The maximum absolute atomic E-state index is 13.3. The minimum absolute atomic E-state index is 0.0210. The SMILES string of the molecule is NCCC(=O)N[C@@H](CC(=O)OCc1ccccc1)C(=O)N[C@@H](Cc1ccccc1)C(=O)OCc1ccccc1. The van der Waals surface area contributed by atoms with Crippen molar-refractivity contribution in [3.8, 4) is 0 Å².